The number of benzene rings is 1. The van der Waals surface area contributed by atoms with Crippen LogP contribution < -0.4 is 5.32 Å². The van der Waals surface area contributed by atoms with Gasteiger partial charge in [-0.15, -0.1) is 0 Å². The molecule has 1 aliphatic carbocycles. The van der Waals surface area contributed by atoms with Crippen LogP contribution in [-0.2, 0) is 6.54 Å². The summed E-state index contributed by atoms with van der Waals surface area (Å²) >= 11 is 0. The number of para-hydroxylation sites is 2. The molecule has 1 saturated carbocycles. The fourth-order valence-corrected chi connectivity index (χ4v) is 3.02. The van der Waals surface area contributed by atoms with Crippen molar-refractivity contribution in [1.82, 2.24) is 15.3 Å². The van der Waals surface area contributed by atoms with Crippen LogP contribution in [0.25, 0.3) is 11.0 Å². The van der Waals surface area contributed by atoms with Crippen LogP contribution in [0.15, 0.2) is 30.5 Å². The van der Waals surface area contributed by atoms with E-state index in [1.54, 1.807) is 0 Å². The van der Waals surface area contributed by atoms with E-state index in [9.17, 15) is 0 Å². The van der Waals surface area contributed by atoms with Gasteiger partial charge in [-0.3, -0.25) is 4.98 Å². The maximum absolute atomic E-state index is 4.67. The topological polar surface area (TPSA) is 37.8 Å². The molecule has 1 aliphatic rings. The molecule has 0 aliphatic heterocycles. The van der Waals surface area contributed by atoms with E-state index in [1.807, 2.05) is 30.5 Å². The molecular formula is C17H23N3. The van der Waals surface area contributed by atoms with Crippen molar-refractivity contribution in [3.05, 3.63) is 36.2 Å². The van der Waals surface area contributed by atoms with Crippen LogP contribution in [0.3, 0.4) is 0 Å². The Labute approximate surface area is 120 Å². The van der Waals surface area contributed by atoms with Gasteiger partial charge in [0.15, 0.2) is 0 Å². The quantitative estimate of drug-likeness (QED) is 0.864. The van der Waals surface area contributed by atoms with Crippen molar-refractivity contribution in [3.63, 3.8) is 0 Å². The van der Waals surface area contributed by atoms with E-state index < -0.39 is 0 Å². The van der Waals surface area contributed by atoms with Gasteiger partial charge in [-0.25, -0.2) is 4.98 Å². The first-order valence-electron chi connectivity index (χ1n) is 7.75. The Morgan fingerprint density at radius 1 is 1.10 bits per heavy atom. The maximum atomic E-state index is 4.67. The van der Waals surface area contributed by atoms with E-state index in [0.717, 1.165) is 29.2 Å². The summed E-state index contributed by atoms with van der Waals surface area (Å²) in [5.41, 5.74) is 3.00. The lowest BCUT2D eigenvalue weighted by atomic mass is 10.0. The van der Waals surface area contributed by atoms with Gasteiger partial charge in [0.05, 0.1) is 22.9 Å². The fraction of sp³-hybridized carbons (Fsp3) is 0.529. The SMILES string of the molecule is CC1CCCC(NCc2cnc3ccccc3n2)CC1. The molecule has 3 nitrogen and oxygen atoms in total. The summed E-state index contributed by atoms with van der Waals surface area (Å²) in [5.74, 6) is 0.891. The van der Waals surface area contributed by atoms with Crippen LogP contribution in [0.2, 0.25) is 0 Å². The van der Waals surface area contributed by atoms with Crippen LogP contribution in [0, 0.1) is 5.92 Å². The molecule has 1 N–H and O–H groups in total. The highest BCUT2D eigenvalue weighted by Crippen LogP contribution is 2.22. The predicted molar refractivity (Wildman–Crippen MR) is 82.4 cm³/mol. The lowest BCUT2D eigenvalue weighted by Gasteiger charge is -2.16. The van der Waals surface area contributed by atoms with Gasteiger partial charge in [0.1, 0.15) is 0 Å². The molecule has 2 unspecified atom stereocenters. The van der Waals surface area contributed by atoms with Crippen LogP contribution >= 0.6 is 0 Å². The van der Waals surface area contributed by atoms with Gasteiger partial charge >= 0.3 is 0 Å². The van der Waals surface area contributed by atoms with E-state index in [-0.39, 0.29) is 0 Å². The summed E-state index contributed by atoms with van der Waals surface area (Å²) in [6, 6.07) is 8.70. The first-order valence-corrected chi connectivity index (χ1v) is 7.75. The molecule has 3 rings (SSSR count). The number of hydrogen-bond donors (Lipinski definition) is 1. The zero-order chi connectivity index (χ0) is 13.8. The lowest BCUT2D eigenvalue weighted by molar-refractivity contribution is 0.445. The van der Waals surface area contributed by atoms with Crippen molar-refractivity contribution in [2.24, 2.45) is 5.92 Å². The molecule has 0 amide bonds. The Morgan fingerprint density at radius 3 is 2.85 bits per heavy atom. The Bertz CT molecular complexity index is 567. The predicted octanol–water partition coefficient (Wildman–Crippen LogP) is 3.69. The highest BCUT2D eigenvalue weighted by atomic mass is 14.9. The van der Waals surface area contributed by atoms with Gasteiger partial charge in [-0.2, -0.15) is 0 Å². The fourth-order valence-electron chi connectivity index (χ4n) is 3.02. The van der Waals surface area contributed by atoms with E-state index >= 15 is 0 Å². The Kier molecular flexibility index (Phi) is 4.26. The van der Waals surface area contributed by atoms with E-state index in [0.29, 0.717) is 6.04 Å². The first kappa shape index (κ1) is 13.5. The molecule has 1 heterocycles. The summed E-state index contributed by atoms with van der Waals surface area (Å²) in [7, 11) is 0. The molecule has 20 heavy (non-hydrogen) atoms. The molecule has 1 aromatic heterocycles. The summed E-state index contributed by atoms with van der Waals surface area (Å²) in [5, 5.41) is 3.66. The normalized spacial score (nSPS) is 23.6. The van der Waals surface area contributed by atoms with Crippen molar-refractivity contribution in [2.45, 2.75) is 51.6 Å². The second kappa shape index (κ2) is 6.31. The van der Waals surface area contributed by atoms with Crippen molar-refractivity contribution in [3.8, 4) is 0 Å². The van der Waals surface area contributed by atoms with Gasteiger partial charge in [-0.1, -0.05) is 31.9 Å². The van der Waals surface area contributed by atoms with Gasteiger partial charge in [-0.05, 0) is 37.3 Å². The number of aromatic nitrogens is 2. The van der Waals surface area contributed by atoms with Crippen molar-refractivity contribution in [2.75, 3.05) is 0 Å². The van der Waals surface area contributed by atoms with Gasteiger partial charge in [0, 0.05) is 12.6 Å². The molecule has 2 aromatic rings. The second-order valence-electron chi connectivity index (χ2n) is 6.04. The van der Waals surface area contributed by atoms with Crippen molar-refractivity contribution >= 4 is 11.0 Å². The standard InChI is InChI=1S/C17H23N3/c1-13-5-4-6-14(10-9-13)18-11-15-12-19-16-7-2-3-8-17(16)20-15/h2-3,7-8,12-14,18H,4-6,9-11H2,1H3. The maximum Gasteiger partial charge on any atom is 0.0890 e. The van der Waals surface area contributed by atoms with Gasteiger partial charge < -0.3 is 5.32 Å². The highest BCUT2D eigenvalue weighted by Gasteiger charge is 2.15. The molecule has 1 fully saturated rings. The van der Waals surface area contributed by atoms with Crippen LogP contribution in [0.4, 0.5) is 0 Å². The molecule has 3 heteroatoms. The van der Waals surface area contributed by atoms with E-state index in [4.69, 9.17) is 0 Å². The third-order valence-electron chi connectivity index (χ3n) is 4.33. The minimum Gasteiger partial charge on any atom is -0.308 e. The monoisotopic (exact) mass is 269 g/mol. The zero-order valence-corrected chi connectivity index (χ0v) is 12.2. The molecule has 0 radical (unpaired) electrons. The molecule has 0 saturated heterocycles. The van der Waals surface area contributed by atoms with Crippen LogP contribution in [0.1, 0.15) is 44.7 Å². The first-order chi connectivity index (χ1) is 9.81. The van der Waals surface area contributed by atoms with E-state index in [1.165, 1.54) is 32.1 Å². The summed E-state index contributed by atoms with van der Waals surface area (Å²) in [6.45, 7) is 3.20. The highest BCUT2D eigenvalue weighted by molar-refractivity contribution is 5.73. The Balaban J connectivity index is 1.61. The van der Waals surface area contributed by atoms with E-state index in [2.05, 4.69) is 22.2 Å². The average molecular weight is 269 g/mol. The summed E-state index contributed by atoms with van der Waals surface area (Å²) in [4.78, 5) is 9.15. The average Bonchev–Trinajstić information content (AvgIpc) is 2.69. The van der Waals surface area contributed by atoms with Gasteiger partial charge in [0.25, 0.3) is 0 Å². The number of rotatable bonds is 3. The van der Waals surface area contributed by atoms with Crippen molar-refractivity contribution < 1.29 is 0 Å². The van der Waals surface area contributed by atoms with Crippen LogP contribution in [0.5, 0.6) is 0 Å². The number of fused-ring (bicyclic) bond motifs is 1. The van der Waals surface area contributed by atoms with Crippen molar-refractivity contribution in [1.29, 1.82) is 0 Å². The third kappa shape index (κ3) is 3.34. The lowest BCUT2D eigenvalue weighted by Crippen LogP contribution is -2.28. The molecule has 0 spiro atoms. The Morgan fingerprint density at radius 2 is 1.95 bits per heavy atom. The number of nitrogens with one attached hydrogen (secondary N) is 1. The number of nitrogens with zero attached hydrogens (tertiary/aromatic N) is 2. The van der Waals surface area contributed by atoms with Gasteiger partial charge in [0.2, 0.25) is 0 Å². The largest absolute Gasteiger partial charge is 0.308 e. The minimum atomic E-state index is 0.647. The molecular weight excluding hydrogens is 246 g/mol. The summed E-state index contributed by atoms with van der Waals surface area (Å²) < 4.78 is 0. The number of hydrogen-bond acceptors (Lipinski definition) is 3. The zero-order valence-electron chi connectivity index (χ0n) is 12.2. The second-order valence-corrected chi connectivity index (χ2v) is 6.04. The molecule has 106 valence electrons. The Hall–Kier alpha value is -1.48. The summed E-state index contributed by atoms with van der Waals surface area (Å²) in [6.07, 6.45) is 8.57. The smallest absolute Gasteiger partial charge is 0.0890 e. The molecule has 1 aromatic carbocycles. The van der Waals surface area contributed by atoms with Crippen LogP contribution in [-0.4, -0.2) is 16.0 Å². The molecule has 2 atom stereocenters. The minimum absolute atomic E-state index is 0.647. The molecule has 0 bridgehead atoms. The third-order valence-corrected chi connectivity index (χ3v) is 4.33.